The zero-order chi connectivity index (χ0) is 20.9. The Bertz CT molecular complexity index is 988. The molecule has 2 N–H and O–H groups in total. The summed E-state index contributed by atoms with van der Waals surface area (Å²) >= 11 is 0. The number of hydrogen-bond donors (Lipinski definition) is 2. The molecule has 1 aromatic carbocycles. The molecule has 1 atom stereocenters. The van der Waals surface area contributed by atoms with Crippen molar-refractivity contribution < 1.29 is 23.1 Å². The summed E-state index contributed by atoms with van der Waals surface area (Å²) in [5.41, 5.74) is 2.37. The van der Waals surface area contributed by atoms with Crippen molar-refractivity contribution in [2.45, 2.75) is 19.8 Å². The Kier molecular flexibility index (Phi) is 4.48. The molecule has 7 nitrogen and oxygen atoms in total. The maximum absolute atomic E-state index is 13.8. The van der Waals surface area contributed by atoms with Crippen LogP contribution in [0.2, 0.25) is 0 Å². The van der Waals surface area contributed by atoms with Crippen molar-refractivity contribution in [2.75, 3.05) is 31.8 Å². The number of likely N-dealkylation sites (tertiary alicyclic amines) is 1. The molecule has 0 radical (unpaired) electrons. The first-order chi connectivity index (χ1) is 13.7. The molecule has 9 heteroatoms. The molecule has 1 aromatic heterocycles. The monoisotopic (exact) mass is 404 g/mol. The van der Waals surface area contributed by atoms with Crippen molar-refractivity contribution in [3.05, 3.63) is 41.1 Å². The van der Waals surface area contributed by atoms with Crippen molar-refractivity contribution in [3.8, 4) is 5.75 Å². The van der Waals surface area contributed by atoms with Crippen LogP contribution in [0.15, 0.2) is 24.3 Å². The zero-order valence-electron chi connectivity index (χ0n) is 16.4. The molecule has 0 aliphatic carbocycles. The van der Waals surface area contributed by atoms with Crippen LogP contribution in [-0.2, 0) is 0 Å². The molecule has 154 valence electrons. The van der Waals surface area contributed by atoms with E-state index in [2.05, 4.69) is 10.3 Å². The van der Waals surface area contributed by atoms with Crippen LogP contribution in [0.1, 0.15) is 33.3 Å². The Labute approximate surface area is 166 Å². The predicted molar refractivity (Wildman–Crippen MR) is 103 cm³/mol. The van der Waals surface area contributed by atoms with Crippen molar-refractivity contribution in [1.29, 1.82) is 0 Å². The molecule has 1 fully saturated rings. The zero-order valence-corrected chi connectivity index (χ0v) is 16.4. The third-order valence-electron chi connectivity index (χ3n) is 5.51. The van der Waals surface area contributed by atoms with Gasteiger partial charge in [-0.2, -0.15) is 0 Å². The van der Waals surface area contributed by atoms with E-state index in [0.717, 1.165) is 16.2 Å². The van der Waals surface area contributed by atoms with Gasteiger partial charge in [-0.25, -0.2) is 8.78 Å². The number of nitrogens with one attached hydrogen (secondary N) is 2. The van der Waals surface area contributed by atoms with E-state index < -0.39 is 24.3 Å². The van der Waals surface area contributed by atoms with Gasteiger partial charge in [0.15, 0.2) is 18.3 Å². The van der Waals surface area contributed by atoms with Crippen LogP contribution < -0.4 is 15.0 Å². The summed E-state index contributed by atoms with van der Waals surface area (Å²) in [7, 11) is 1.57. The maximum Gasteiger partial charge on any atom is 0.270 e. The van der Waals surface area contributed by atoms with Gasteiger partial charge in [0, 0.05) is 36.8 Å². The van der Waals surface area contributed by atoms with E-state index in [1.54, 1.807) is 25.2 Å². The number of ether oxygens (including phenoxy) is 1. The predicted octanol–water partition coefficient (Wildman–Crippen LogP) is 2.90. The highest BCUT2D eigenvalue weighted by molar-refractivity contribution is 5.96. The van der Waals surface area contributed by atoms with Gasteiger partial charge in [-0.05, 0) is 30.7 Å². The van der Waals surface area contributed by atoms with Crippen LogP contribution in [0.25, 0.3) is 0 Å². The molecule has 3 heterocycles. The fourth-order valence-corrected chi connectivity index (χ4v) is 3.72. The number of alkyl halides is 2. The van der Waals surface area contributed by atoms with E-state index in [1.165, 1.54) is 6.92 Å². The van der Waals surface area contributed by atoms with E-state index in [4.69, 9.17) is 4.74 Å². The van der Waals surface area contributed by atoms with E-state index in [0.29, 0.717) is 17.1 Å². The lowest BCUT2D eigenvalue weighted by atomic mass is 10.1. The summed E-state index contributed by atoms with van der Waals surface area (Å²) in [6, 6.07) is 6.92. The minimum Gasteiger partial charge on any atom is -0.469 e. The summed E-state index contributed by atoms with van der Waals surface area (Å²) in [4.78, 5) is 30.6. The number of benzene rings is 1. The molecule has 4 rings (SSSR count). The van der Waals surface area contributed by atoms with Crippen LogP contribution in [0.4, 0.5) is 20.3 Å². The summed E-state index contributed by atoms with van der Waals surface area (Å²) < 4.78 is 33.2. The molecular formula is C20H22F2N4O3. The third kappa shape index (κ3) is 3.20. The first kappa shape index (κ1) is 19.2. The fourth-order valence-electron chi connectivity index (χ4n) is 3.72. The molecule has 1 unspecified atom stereocenters. The lowest BCUT2D eigenvalue weighted by Crippen LogP contribution is -2.31. The van der Waals surface area contributed by atoms with Gasteiger partial charge < -0.3 is 19.9 Å². The van der Waals surface area contributed by atoms with Gasteiger partial charge in [-0.15, -0.1) is 0 Å². The summed E-state index contributed by atoms with van der Waals surface area (Å²) in [5.74, 6) is -3.32. The Morgan fingerprint density at radius 1 is 1.31 bits per heavy atom. The van der Waals surface area contributed by atoms with Crippen molar-refractivity contribution >= 4 is 23.3 Å². The standard InChI is InChI=1S/C20H22F2N4O3/c1-11-6-13(4-5-14(11)18(27)23-3)26-10-29-16-7-15(24-17(16)26)19(28)25-8-12(2)20(21,22)9-25/h4-7,12,24H,8-10H2,1-3H3,(H,23,27). The number of halogens is 2. The van der Waals surface area contributed by atoms with Gasteiger partial charge in [0.25, 0.3) is 17.7 Å². The number of anilines is 2. The first-order valence-electron chi connectivity index (χ1n) is 9.34. The molecule has 2 aliphatic rings. The second-order valence-corrected chi connectivity index (χ2v) is 7.52. The maximum atomic E-state index is 13.8. The number of carbonyl (C=O) groups excluding carboxylic acids is 2. The highest BCUT2D eigenvalue weighted by Gasteiger charge is 2.47. The van der Waals surface area contributed by atoms with Crippen molar-refractivity contribution in [1.82, 2.24) is 15.2 Å². The number of aromatic amines is 1. The lowest BCUT2D eigenvalue weighted by Gasteiger charge is -2.18. The van der Waals surface area contributed by atoms with Crippen LogP contribution in [0.5, 0.6) is 5.75 Å². The number of carbonyl (C=O) groups is 2. The summed E-state index contributed by atoms with van der Waals surface area (Å²) in [6.07, 6.45) is 0. The quantitative estimate of drug-likeness (QED) is 0.825. The second-order valence-electron chi connectivity index (χ2n) is 7.52. The Hall–Kier alpha value is -3.10. The molecule has 2 aromatic rings. The molecule has 0 bridgehead atoms. The molecule has 1 saturated heterocycles. The Morgan fingerprint density at radius 2 is 2.07 bits per heavy atom. The number of fused-ring (bicyclic) bond motifs is 1. The van der Waals surface area contributed by atoms with Gasteiger partial charge >= 0.3 is 0 Å². The number of rotatable bonds is 3. The average Bonchev–Trinajstić information content (AvgIpc) is 3.33. The number of aromatic nitrogens is 1. The van der Waals surface area contributed by atoms with Gasteiger partial charge in [-0.3, -0.25) is 14.5 Å². The Morgan fingerprint density at radius 3 is 2.69 bits per heavy atom. The minimum atomic E-state index is -2.88. The SMILES string of the molecule is CNC(=O)c1ccc(N2COc3cc(C(=O)N4CC(C)C(F)(F)C4)[nH]c32)cc1C. The molecular weight excluding hydrogens is 382 g/mol. The molecule has 2 aliphatic heterocycles. The van der Waals surface area contributed by atoms with E-state index in [1.807, 2.05) is 17.9 Å². The highest BCUT2D eigenvalue weighted by Crippen LogP contribution is 2.40. The molecule has 2 amide bonds. The van der Waals surface area contributed by atoms with Crippen molar-refractivity contribution in [3.63, 3.8) is 0 Å². The van der Waals surface area contributed by atoms with E-state index >= 15 is 0 Å². The number of amides is 2. The number of nitrogens with zero attached hydrogens (tertiary/aromatic N) is 2. The highest BCUT2D eigenvalue weighted by atomic mass is 19.3. The first-order valence-corrected chi connectivity index (χ1v) is 9.34. The normalized spacial score (nSPS) is 19.8. The van der Waals surface area contributed by atoms with Gasteiger partial charge in [0.1, 0.15) is 5.69 Å². The van der Waals surface area contributed by atoms with Crippen LogP contribution in [0.3, 0.4) is 0 Å². The smallest absolute Gasteiger partial charge is 0.270 e. The molecule has 0 saturated carbocycles. The van der Waals surface area contributed by atoms with Gasteiger partial charge in [0.05, 0.1) is 6.54 Å². The van der Waals surface area contributed by atoms with Crippen LogP contribution in [0, 0.1) is 12.8 Å². The molecule has 29 heavy (non-hydrogen) atoms. The molecule has 0 spiro atoms. The van der Waals surface area contributed by atoms with Crippen molar-refractivity contribution in [2.24, 2.45) is 5.92 Å². The summed E-state index contributed by atoms with van der Waals surface area (Å²) in [5, 5.41) is 2.60. The average molecular weight is 404 g/mol. The Balaban J connectivity index is 1.58. The van der Waals surface area contributed by atoms with E-state index in [9.17, 15) is 18.4 Å². The minimum absolute atomic E-state index is 0.0141. The van der Waals surface area contributed by atoms with E-state index in [-0.39, 0.29) is 24.9 Å². The van der Waals surface area contributed by atoms with Gasteiger partial charge in [0.2, 0.25) is 0 Å². The lowest BCUT2D eigenvalue weighted by molar-refractivity contribution is -0.0202. The summed E-state index contributed by atoms with van der Waals surface area (Å²) in [6.45, 7) is 2.96. The number of hydrogen-bond acceptors (Lipinski definition) is 4. The second kappa shape index (κ2) is 6.75. The fraction of sp³-hybridized carbons (Fsp3) is 0.400. The number of H-pyrrole nitrogens is 1. The number of aryl methyl sites for hydroxylation is 1. The van der Waals surface area contributed by atoms with Crippen LogP contribution in [-0.4, -0.2) is 54.5 Å². The topological polar surface area (TPSA) is 77.7 Å². The largest absolute Gasteiger partial charge is 0.469 e. The third-order valence-corrected chi connectivity index (χ3v) is 5.51. The van der Waals surface area contributed by atoms with Gasteiger partial charge in [-0.1, -0.05) is 6.92 Å². The van der Waals surface area contributed by atoms with Crippen LogP contribution >= 0.6 is 0 Å².